The number of hydrogen-bond acceptors (Lipinski definition) is 2. The summed E-state index contributed by atoms with van der Waals surface area (Å²) in [5.74, 6) is -0.632. The molecule has 2 nitrogen and oxygen atoms in total. The molecule has 0 aromatic heterocycles. The molecule has 0 aliphatic rings. The molecule has 0 radical (unpaired) electrons. The molecular weight excluding hydrogens is 308 g/mol. The Morgan fingerprint density at radius 2 is 1.95 bits per heavy atom. The van der Waals surface area contributed by atoms with Gasteiger partial charge in [-0.3, -0.25) is 0 Å². The van der Waals surface area contributed by atoms with E-state index in [0.717, 1.165) is 17.7 Å². The topological polar surface area (TPSA) is 35.2 Å². The van der Waals surface area contributed by atoms with Crippen LogP contribution in [-0.2, 0) is 6.42 Å². The maximum absolute atomic E-state index is 13.9. The Labute approximate surface area is 133 Å². The summed E-state index contributed by atoms with van der Waals surface area (Å²) in [6.45, 7) is 2.62. The highest BCUT2D eigenvalue weighted by Crippen LogP contribution is 2.29. The molecule has 0 aliphatic heterocycles. The Balaban J connectivity index is 2.23. The summed E-state index contributed by atoms with van der Waals surface area (Å²) < 4.78 is 32.6. The first-order valence-electron chi connectivity index (χ1n) is 7.11. The highest BCUT2D eigenvalue weighted by molar-refractivity contribution is 6.32. The van der Waals surface area contributed by atoms with Gasteiger partial charge in [0.2, 0.25) is 0 Å². The molecule has 0 amide bonds. The van der Waals surface area contributed by atoms with Gasteiger partial charge in [-0.2, -0.15) is 0 Å². The molecule has 0 saturated heterocycles. The van der Waals surface area contributed by atoms with Gasteiger partial charge in [0.25, 0.3) is 0 Å². The summed E-state index contributed by atoms with van der Waals surface area (Å²) in [7, 11) is 0. The largest absolute Gasteiger partial charge is 0.492 e. The zero-order valence-corrected chi connectivity index (χ0v) is 13.0. The van der Waals surface area contributed by atoms with Crippen LogP contribution in [0.3, 0.4) is 0 Å². The van der Waals surface area contributed by atoms with Gasteiger partial charge in [-0.15, -0.1) is 0 Å². The standard InChI is InChI=1S/C17H18ClF2NO/c1-2-22-17-6-3-11(8-15(17)18)7-12(10-21)14-9-13(19)4-5-16(14)20/h3-6,8-9,12H,2,7,10,21H2,1H3. The fourth-order valence-electron chi connectivity index (χ4n) is 2.38. The maximum atomic E-state index is 13.9. The summed E-state index contributed by atoms with van der Waals surface area (Å²) in [6.07, 6.45) is 0.475. The average molecular weight is 326 g/mol. The second kappa shape index (κ2) is 7.56. The van der Waals surface area contributed by atoms with Crippen LogP contribution in [0.5, 0.6) is 5.75 Å². The van der Waals surface area contributed by atoms with Crippen LogP contribution in [0.4, 0.5) is 8.78 Å². The van der Waals surface area contributed by atoms with Gasteiger partial charge in [0.05, 0.1) is 11.6 Å². The molecule has 1 atom stereocenters. The van der Waals surface area contributed by atoms with Crippen molar-refractivity contribution in [1.29, 1.82) is 0 Å². The van der Waals surface area contributed by atoms with E-state index >= 15 is 0 Å². The summed E-state index contributed by atoms with van der Waals surface area (Å²) in [5, 5.41) is 0.495. The van der Waals surface area contributed by atoms with Crippen molar-refractivity contribution in [2.24, 2.45) is 5.73 Å². The van der Waals surface area contributed by atoms with Crippen LogP contribution in [0.1, 0.15) is 24.0 Å². The average Bonchev–Trinajstić information content (AvgIpc) is 2.50. The molecule has 1 unspecified atom stereocenters. The fourth-order valence-corrected chi connectivity index (χ4v) is 2.63. The van der Waals surface area contributed by atoms with E-state index in [-0.39, 0.29) is 18.0 Å². The van der Waals surface area contributed by atoms with Crippen molar-refractivity contribution in [2.45, 2.75) is 19.3 Å². The van der Waals surface area contributed by atoms with Gasteiger partial charge >= 0.3 is 0 Å². The highest BCUT2D eigenvalue weighted by atomic mass is 35.5. The van der Waals surface area contributed by atoms with Gasteiger partial charge in [0, 0.05) is 5.92 Å². The lowest BCUT2D eigenvalue weighted by molar-refractivity contribution is 0.340. The van der Waals surface area contributed by atoms with E-state index in [9.17, 15) is 8.78 Å². The van der Waals surface area contributed by atoms with E-state index in [1.807, 2.05) is 13.0 Å². The Bertz CT molecular complexity index is 649. The zero-order valence-electron chi connectivity index (χ0n) is 12.3. The first kappa shape index (κ1) is 16.7. The van der Waals surface area contributed by atoms with Gasteiger partial charge in [-0.25, -0.2) is 8.78 Å². The van der Waals surface area contributed by atoms with E-state index in [1.54, 1.807) is 12.1 Å². The van der Waals surface area contributed by atoms with Crippen LogP contribution in [-0.4, -0.2) is 13.2 Å². The number of benzene rings is 2. The SMILES string of the molecule is CCOc1ccc(CC(CN)c2cc(F)ccc2F)cc1Cl. The Kier molecular flexibility index (Phi) is 5.75. The smallest absolute Gasteiger partial charge is 0.137 e. The van der Waals surface area contributed by atoms with E-state index in [1.165, 1.54) is 6.07 Å². The number of halogens is 3. The van der Waals surface area contributed by atoms with Gasteiger partial charge in [-0.05, 0) is 61.3 Å². The van der Waals surface area contributed by atoms with Gasteiger partial charge < -0.3 is 10.5 Å². The number of hydrogen-bond donors (Lipinski definition) is 1. The molecule has 0 saturated carbocycles. The summed E-state index contributed by atoms with van der Waals surface area (Å²) >= 11 is 6.15. The van der Waals surface area contributed by atoms with E-state index in [0.29, 0.717) is 23.8 Å². The normalized spacial score (nSPS) is 12.2. The third-order valence-electron chi connectivity index (χ3n) is 3.46. The van der Waals surface area contributed by atoms with Gasteiger partial charge in [-0.1, -0.05) is 17.7 Å². The molecule has 2 rings (SSSR count). The van der Waals surface area contributed by atoms with Crippen molar-refractivity contribution >= 4 is 11.6 Å². The molecule has 2 N–H and O–H groups in total. The van der Waals surface area contributed by atoms with Gasteiger partial charge in [0.15, 0.2) is 0 Å². The molecule has 22 heavy (non-hydrogen) atoms. The predicted molar refractivity (Wildman–Crippen MR) is 84.5 cm³/mol. The van der Waals surface area contributed by atoms with Crippen molar-refractivity contribution < 1.29 is 13.5 Å². The lowest BCUT2D eigenvalue weighted by Gasteiger charge is -2.17. The lowest BCUT2D eigenvalue weighted by atomic mass is 9.91. The third-order valence-corrected chi connectivity index (χ3v) is 3.76. The number of ether oxygens (including phenoxy) is 1. The zero-order chi connectivity index (χ0) is 16.1. The predicted octanol–water partition coefficient (Wildman–Crippen LogP) is 4.30. The van der Waals surface area contributed by atoms with Crippen LogP contribution in [0.25, 0.3) is 0 Å². The molecule has 2 aromatic carbocycles. The van der Waals surface area contributed by atoms with Crippen LogP contribution >= 0.6 is 11.6 Å². The number of rotatable bonds is 6. The Hall–Kier alpha value is -1.65. The van der Waals surface area contributed by atoms with Crippen LogP contribution < -0.4 is 10.5 Å². The quantitative estimate of drug-likeness (QED) is 0.859. The van der Waals surface area contributed by atoms with Crippen molar-refractivity contribution in [3.63, 3.8) is 0 Å². The molecule has 0 spiro atoms. The summed E-state index contributed by atoms with van der Waals surface area (Å²) in [4.78, 5) is 0. The molecular formula is C17H18ClF2NO. The van der Waals surface area contributed by atoms with Crippen LogP contribution in [0.15, 0.2) is 36.4 Å². The number of nitrogens with two attached hydrogens (primary N) is 1. The van der Waals surface area contributed by atoms with Crippen molar-refractivity contribution in [3.05, 3.63) is 64.2 Å². The van der Waals surface area contributed by atoms with E-state index in [4.69, 9.17) is 22.1 Å². The molecule has 0 bridgehead atoms. The third kappa shape index (κ3) is 3.96. The Morgan fingerprint density at radius 3 is 2.59 bits per heavy atom. The molecule has 118 valence electrons. The first-order valence-corrected chi connectivity index (χ1v) is 7.49. The van der Waals surface area contributed by atoms with E-state index < -0.39 is 11.6 Å². The molecule has 0 fully saturated rings. The van der Waals surface area contributed by atoms with Crippen molar-refractivity contribution in [1.82, 2.24) is 0 Å². The van der Waals surface area contributed by atoms with Crippen LogP contribution in [0.2, 0.25) is 5.02 Å². The Morgan fingerprint density at radius 1 is 1.18 bits per heavy atom. The first-order chi connectivity index (χ1) is 10.5. The lowest BCUT2D eigenvalue weighted by Crippen LogP contribution is -2.16. The van der Waals surface area contributed by atoms with Crippen molar-refractivity contribution in [3.8, 4) is 5.75 Å². The highest BCUT2D eigenvalue weighted by Gasteiger charge is 2.16. The summed E-state index contributed by atoms with van der Waals surface area (Å²) in [5.41, 5.74) is 6.92. The molecule has 0 heterocycles. The second-order valence-corrected chi connectivity index (χ2v) is 5.41. The summed E-state index contributed by atoms with van der Waals surface area (Å²) in [6, 6.07) is 8.82. The van der Waals surface area contributed by atoms with Crippen molar-refractivity contribution in [2.75, 3.05) is 13.2 Å². The van der Waals surface area contributed by atoms with Gasteiger partial charge in [0.1, 0.15) is 17.4 Å². The monoisotopic (exact) mass is 325 g/mol. The maximum Gasteiger partial charge on any atom is 0.137 e. The fraction of sp³-hybridized carbons (Fsp3) is 0.294. The minimum atomic E-state index is -0.473. The van der Waals surface area contributed by atoms with Crippen LogP contribution in [0, 0.1) is 11.6 Å². The molecule has 5 heteroatoms. The molecule has 2 aromatic rings. The second-order valence-electron chi connectivity index (χ2n) is 5.00. The molecule has 0 aliphatic carbocycles. The van der Waals surface area contributed by atoms with E-state index in [2.05, 4.69) is 0 Å². The minimum absolute atomic E-state index is 0.213. The minimum Gasteiger partial charge on any atom is -0.492 e.